The van der Waals surface area contributed by atoms with Crippen LogP contribution in [0, 0.1) is 0 Å². The van der Waals surface area contributed by atoms with Crippen LogP contribution in [0.25, 0.3) is 0 Å². The Balaban J connectivity index is 2.33. The van der Waals surface area contributed by atoms with E-state index in [2.05, 4.69) is 10.3 Å². The fourth-order valence-corrected chi connectivity index (χ4v) is 1.57. The second-order valence-corrected chi connectivity index (χ2v) is 3.83. The van der Waals surface area contributed by atoms with Crippen molar-refractivity contribution in [3.05, 3.63) is 47.7 Å². The number of phenolic OH excluding ortho intramolecular Hbond substituents is 2. The zero-order chi connectivity index (χ0) is 14.7. The molecule has 1 aromatic heterocycles. The molecule has 1 aromatic carbocycles. The second kappa shape index (κ2) is 5.27. The van der Waals surface area contributed by atoms with Crippen molar-refractivity contribution < 1.29 is 24.9 Å². The molecule has 0 spiro atoms. The molecule has 102 valence electrons. The molecule has 2 aromatic rings. The summed E-state index contributed by atoms with van der Waals surface area (Å²) in [5.41, 5.74) is -0.368. The van der Waals surface area contributed by atoms with E-state index in [0.717, 1.165) is 0 Å². The number of benzene rings is 1. The van der Waals surface area contributed by atoms with Gasteiger partial charge in [-0.2, -0.15) is 0 Å². The van der Waals surface area contributed by atoms with Crippen LogP contribution >= 0.6 is 0 Å². The van der Waals surface area contributed by atoms with E-state index in [1.807, 2.05) is 0 Å². The molecular weight excluding hydrogens is 264 g/mol. The number of nitrogens with one attached hydrogen (secondary N) is 1. The lowest BCUT2D eigenvalue weighted by molar-refractivity contribution is 0.0697. The minimum absolute atomic E-state index is 0.146. The first-order chi connectivity index (χ1) is 9.50. The molecule has 0 radical (unpaired) electrons. The van der Waals surface area contributed by atoms with Crippen molar-refractivity contribution in [3.8, 4) is 11.5 Å². The van der Waals surface area contributed by atoms with E-state index >= 15 is 0 Å². The van der Waals surface area contributed by atoms with Crippen molar-refractivity contribution >= 4 is 17.7 Å². The van der Waals surface area contributed by atoms with Gasteiger partial charge < -0.3 is 20.6 Å². The van der Waals surface area contributed by atoms with Gasteiger partial charge in [-0.3, -0.25) is 4.79 Å². The molecular formula is C13H10N2O5. The van der Waals surface area contributed by atoms with Gasteiger partial charge in [0, 0.05) is 6.20 Å². The Kier molecular flexibility index (Phi) is 3.52. The molecule has 0 aliphatic heterocycles. The van der Waals surface area contributed by atoms with Gasteiger partial charge in [-0.25, -0.2) is 9.78 Å². The summed E-state index contributed by atoms with van der Waals surface area (Å²) in [6, 6.07) is 6.59. The number of anilines is 1. The monoisotopic (exact) mass is 274 g/mol. The third-order valence-corrected chi connectivity index (χ3v) is 2.53. The Morgan fingerprint density at radius 1 is 1.05 bits per heavy atom. The molecule has 0 unspecified atom stereocenters. The van der Waals surface area contributed by atoms with Crippen LogP contribution in [-0.2, 0) is 0 Å². The van der Waals surface area contributed by atoms with Crippen molar-refractivity contribution in [2.24, 2.45) is 0 Å². The highest BCUT2D eigenvalue weighted by Gasteiger charge is 2.17. The van der Waals surface area contributed by atoms with Crippen molar-refractivity contribution in [1.29, 1.82) is 0 Å². The normalized spacial score (nSPS) is 10.0. The summed E-state index contributed by atoms with van der Waals surface area (Å²) in [7, 11) is 0. The van der Waals surface area contributed by atoms with Crippen LogP contribution in [0.5, 0.6) is 11.5 Å². The molecule has 7 nitrogen and oxygen atoms in total. The van der Waals surface area contributed by atoms with Crippen LogP contribution in [0.15, 0.2) is 36.5 Å². The molecule has 0 saturated carbocycles. The standard InChI is InChI=1S/C13H10N2O5/c16-9-5-1-3-7(10(9)17)12(18)15-11-8(13(19)20)4-2-6-14-11/h1-6,16-17H,(H,19,20)(H,14,15,18). The quantitative estimate of drug-likeness (QED) is 0.629. The predicted octanol–water partition coefficient (Wildman–Crippen LogP) is 1.44. The zero-order valence-electron chi connectivity index (χ0n) is 10.1. The van der Waals surface area contributed by atoms with E-state index in [-0.39, 0.29) is 16.9 Å². The largest absolute Gasteiger partial charge is 0.504 e. The summed E-state index contributed by atoms with van der Waals surface area (Å²) in [5.74, 6) is -3.20. The van der Waals surface area contributed by atoms with E-state index in [9.17, 15) is 19.8 Å². The molecule has 0 aliphatic carbocycles. The van der Waals surface area contributed by atoms with E-state index < -0.39 is 23.4 Å². The summed E-state index contributed by atoms with van der Waals surface area (Å²) < 4.78 is 0. The topological polar surface area (TPSA) is 120 Å². The number of nitrogens with zero attached hydrogens (tertiary/aromatic N) is 1. The Hall–Kier alpha value is -3.09. The number of carbonyl (C=O) groups excluding carboxylic acids is 1. The van der Waals surface area contributed by atoms with E-state index in [0.29, 0.717) is 0 Å². The highest BCUT2D eigenvalue weighted by Crippen LogP contribution is 2.28. The maximum atomic E-state index is 11.9. The van der Waals surface area contributed by atoms with Gasteiger partial charge in [-0.05, 0) is 24.3 Å². The van der Waals surface area contributed by atoms with Gasteiger partial charge in [0.05, 0.1) is 5.56 Å². The van der Waals surface area contributed by atoms with Gasteiger partial charge in [0.2, 0.25) is 0 Å². The smallest absolute Gasteiger partial charge is 0.339 e. The molecule has 2 rings (SSSR count). The number of carboxylic acid groups (broad SMARTS) is 1. The maximum absolute atomic E-state index is 11.9. The van der Waals surface area contributed by atoms with E-state index in [1.54, 1.807) is 0 Å². The fourth-order valence-electron chi connectivity index (χ4n) is 1.57. The number of hydrogen-bond donors (Lipinski definition) is 4. The summed E-state index contributed by atoms with van der Waals surface area (Å²) >= 11 is 0. The van der Waals surface area contributed by atoms with Crippen LogP contribution in [0.2, 0.25) is 0 Å². The van der Waals surface area contributed by atoms with E-state index in [1.165, 1.54) is 36.5 Å². The number of rotatable bonds is 3. The first-order valence-electron chi connectivity index (χ1n) is 5.51. The lowest BCUT2D eigenvalue weighted by Crippen LogP contribution is -2.16. The number of pyridine rings is 1. The number of aromatic nitrogens is 1. The molecule has 0 saturated heterocycles. The van der Waals surface area contributed by atoms with Crippen LogP contribution in [-0.4, -0.2) is 32.2 Å². The lowest BCUT2D eigenvalue weighted by atomic mass is 10.1. The number of carbonyl (C=O) groups is 2. The maximum Gasteiger partial charge on any atom is 0.339 e. The number of para-hydroxylation sites is 1. The molecule has 20 heavy (non-hydrogen) atoms. The summed E-state index contributed by atoms with van der Waals surface area (Å²) in [6.45, 7) is 0. The van der Waals surface area contributed by atoms with Gasteiger partial charge in [-0.15, -0.1) is 0 Å². The molecule has 0 fully saturated rings. The molecule has 1 amide bonds. The fraction of sp³-hybridized carbons (Fsp3) is 0. The summed E-state index contributed by atoms with van der Waals surface area (Å²) in [5, 5.41) is 30.1. The third kappa shape index (κ3) is 2.51. The Morgan fingerprint density at radius 2 is 1.75 bits per heavy atom. The van der Waals surface area contributed by atoms with Crippen LogP contribution in [0.4, 0.5) is 5.82 Å². The first-order valence-corrected chi connectivity index (χ1v) is 5.51. The molecule has 7 heteroatoms. The Morgan fingerprint density at radius 3 is 2.45 bits per heavy atom. The summed E-state index contributed by atoms with van der Waals surface area (Å²) in [6.07, 6.45) is 1.32. The number of carboxylic acids is 1. The van der Waals surface area contributed by atoms with Gasteiger partial charge in [-0.1, -0.05) is 6.07 Å². The average Bonchev–Trinajstić information content (AvgIpc) is 2.42. The summed E-state index contributed by atoms with van der Waals surface area (Å²) in [4.78, 5) is 26.7. The van der Waals surface area contributed by atoms with Crippen molar-refractivity contribution in [2.45, 2.75) is 0 Å². The molecule has 0 atom stereocenters. The first kappa shape index (κ1) is 13.3. The highest BCUT2D eigenvalue weighted by atomic mass is 16.4. The SMILES string of the molecule is O=C(O)c1cccnc1NC(=O)c1cccc(O)c1O. The van der Waals surface area contributed by atoms with Crippen LogP contribution in [0.3, 0.4) is 0 Å². The lowest BCUT2D eigenvalue weighted by Gasteiger charge is -2.08. The third-order valence-electron chi connectivity index (χ3n) is 2.53. The van der Waals surface area contributed by atoms with Crippen molar-refractivity contribution in [1.82, 2.24) is 4.98 Å². The number of aromatic hydroxyl groups is 2. The van der Waals surface area contributed by atoms with Gasteiger partial charge in [0.15, 0.2) is 11.5 Å². The molecule has 4 N–H and O–H groups in total. The number of amides is 1. The minimum Gasteiger partial charge on any atom is -0.504 e. The highest BCUT2D eigenvalue weighted by molar-refractivity contribution is 6.08. The molecule has 0 bridgehead atoms. The zero-order valence-corrected chi connectivity index (χ0v) is 10.1. The number of phenols is 2. The van der Waals surface area contributed by atoms with Crippen LogP contribution in [0.1, 0.15) is 20.7 Å². The number of aromatic carboxylic acids is 1. The Bertz CT molecular complexity index is 684. The van der Waals surface area contributed by atoms with Crippen molar-refractivity contribution in [3.63, 3.8) is 0 Å². The van der Waals surface area contributed by atoms with Gasteiger partial charge in [0.25, 0.3) is 5.91 Å². The average molecular weight is 274 g/mol. The van der Waals surface area contributed by atoms with E-state index in [4.69, 9.17) is 5.11 Å². The van der Waals surface area contributed by atoms with Crippen LogP contribution < -0.4 is 5.32 Å². The minimum atomic E-state index is -1.24. The van der Waals surface area contributed by atoms with Gasteiger partial charge in [0.1, 0.15) is 11.4 Å². The Labute approximate surface area is 113 Å². The van der Waals surface area contributed by atoms with Gasteiger partial charge >= 0.3 is 5.97 Å². The molecule has 0 aliphatic rings. The number of hydrogen-bond acceptors (Lipinski definition) is 5. The van der Waals surface area contributed by atoms with Crippen molar-refractivity contribution in [2.75, 3.05) is 5.32 Å². The second-order valence-electron chi connectivity index (χ2n) is 3.83. The molecule has 1 heterocycles. The predicted molar refractivity (Wildman–Crippen MR) is 68.9 cm³/mol.